The Bertz CT molecular complexity index is 401. The Morgan fingerprint density at radius 2 is 2.00 bits per heavy atom. The molecule has 0 radical (unpaired) electrons. The zero-order valence-corrected chi connectivity index (χ0v) is 11.8. The molecule has 19 heavy (non-hydrogen) atoms. The van der Waals surface area contributed by atoms with Gasteiger partial charge in [-0.15, -0.1) is 0 Å². The summed E-state index contributed by atoms with van der Waals surface area (Å²) < 4.78 is 1.96. The third-order valence-electron chi connectivity index (χ3n) is 4.90. The van der Waals surface area contributed by atoms with Crippen molar-refractivity contribution in [3.8, 4) is 0 Å². The molecule has 4 heteroatoms. The first-order chi connectivity index (χ1) is 9.31. The average Bonchev–Trinajstić information content (AvgIpc) is 2.84. The number of nitrogens with zero attached hydrogens (tertiary/aromatic N) is 3. The summed E-state index contributed by atoms with van der Waals surface area (Å²) in [6.45, 7) is 4.85. The molecule has 2 unspecified atom stereocenters. The number of aryl methyl sites for hydroxylation is 1. The Kier molecular flexibility index (Phi) is 4.06. The molecule has 106 valence electrons. The molecular formula is C15H26N4. The van der Waals surface area contributed by atoms with Crippen LogP contribution in [-0.4, -0.2) is 34.3 Å². The lowest BCUT2D eigenvalue weighted by molar-refractivity contribution is 0.0851. The highest BCUT2D eigenvalue weighted by molar-refractivity contribution is 5.23. The van der Waals surface area contributed by atoms with Crippen molar-refractivity contribution in [1.82, 2.24) is 14.7 Å². The smallest absolute Gasteiger partial charge is 0.145 e. The van der Waals surface area contributed by atoms with Gasteiger partial charge in [0.05, 0.1) is 0 Å². The van der Waals surface area contributed by atoms with Crippen LogP contribution in [0.25, 0.3) is 0 Å². The number of nitrogen functional groups attached to an aromatic ring is 1. The van der Waals surface area contributed by atoms with E-state index in [0.29, 0.717) is 5.82 Å². The van der Waals surface area contributed by atoms with Crippen LogP contribution in [0, 0.1) is 11.8 Å². The minimum atomic E-state index is 0.628. The van der Waals surface area contributed by atoms with Gasteiger partial charge >= 0.3 is 0 Å². The van der Waals surface area contributed by atoms with Gasteiger partial charge in [0.1, 0.15) is 5.82 Å². The van der Waals surface area contributed by atoms with Crippen LogP contribution in [-0.2, 0) is 6.54 Å². The number of fused-ring (bicyclic) bond motifs is 1. The predicted octanol–water partition coefficient (Wildman–Crippen LogP) is 2.37. The maximum absolute atomic E-state index is 5.62. The van der Waals surface area contributed by atoms with Gasteiger partial charge in [-0.3, -0.25) is 4.68 Å². The Balaban J connectivity index is 1.41. The van der Waals surface area contributed by atoms with E-state index < -0.39 is 0 Å². The molecule has 0 amide bonds. The molecule has 2 fully saturated rings. The number of rotatable bonds is 4. The summed E-state index contributed by atoms with van der Waals surface area (Å²) in [5.74, 6) is 2.65. The zero-order valence-electron chi connectivity index (χ0n) is 11.8. The maximum atomic E-state index is 5.62. The lowest BCUT2D eigenvalue weighted by Crippen LogP contribution is -2.42. The fraction of sp³-hybridized carbons (Fsp3) is 0.800. The van der Waals surface area contributed by atoms with Gasteiger partial charge in [0.2, 0.25) is 0 Å². The molecule has 0 aromatic carbocycles. The van der Waals surface area contributed by atoms with Gasteiger partial charge in [0, 0.05) is 19.3 Å². The van der Waals surface area contributed by atoms with Gasteiger partial charge < -0.3 is 10.6 Å². The second-order valence-electron chi connectivity index (χ2n) is 6.25. The third-order valence-corrected chi connectivity index (χ3v) is 4.90. The average molecular weight is 262 g/mol. The minimum Gasteiger partial charge on any atom is -0.382 e. The van der Waals surface area contributed by atoms with Crippen molar-refractivity contribution < 1.29 is 0 Å². The molecule has 2 N–H and O–H groups in total. The number of hydrogen-bond acceptors (Lipinski definition) is 3. The van der Waals surface area contributed by atoms with Crippen LogP contribution in [0.15, 0.2) is 12.3 Å². The van der Waals surface area contributed by atoms with Crippen LogP contribution in [0.4, 0.5) is 5.82 Å². The van der Waals surface area contributed by atoms with Gasteiger partial charge in [0.15, 0.2) is 0 Å². The number of nitrogens with two attached hydrogens (primary N) is 1. The SMILES string of the molecule is Nc1ccn(CCCN2CCC3CCCCC3C2)n1. The number of anilines is 1. The van der Waals surface area contributed by atoms with E-state index in [0.717, 1.165) is 18.4 Å². The van der Waals surface area contributed by atoms with Crippen molar-refractivity contribution >= 4 is 5.82 Å². The molecule has 1 aromatic heterocycles. The summed E-state index contributed by atoms with van der Waals surface area (Å²) >= 11 is 0. The fourth-order valence-electron chi connectivity index (χ4n) is 3.84. The lowest BCUT2D eigenvalue weighted by atomic mass is 9.75. The van der Waals surface area contributed by atoms with Crippen LogP contribution in [0.5, 0.6) is 0 Å². The van der Waals surface area contributed by atoms with Crippen LogP contribution < -0.4 is 5.73 Å². The zero-order chi connectivity index (χ0) is 13.1. The second kappa shape index (κ2) is 5.95. The molecule has 0 bridgehead atoms. The maximum Gasteiger partial charge on any atom is 0.145 e. The summed E-state index contributed by atoms with van der Waals surface area (Å²) in [6.07, 6.45) is 10.5. The monoisotopic (exact) mass is 262 g/mol. The molecule has 1 aliphatic heterocycles. The molecule has 2 atom stereocenters. The topological polar surface area (TPSA) is 47.1 Å². The molecule has 2 heterocycles. The first-order valence-corrected chi connectivity index (χ1v) is 7.82. The minimum absolute atomic E-state index is 0.628. The summed E-state index contributed by atoms with van der Waals surface area (Å²) in [5, 5.41) is 4.23. The molecule has 0 spiro atoms. The van der Waals surface area contributed by atoms with Crippen molar-refractivity contribution in [2.45, 2.75) is 45.1 Å². The quantitative estimate of drug-likeness (QED) is 0.906. The van der Waals surface area contributed by atoms with Crippen molar-refractivity contribution in [3.05, 3.63) is 12.3 Å². The number of hydrogen-bond donors (Lipinski definition) is 1. The number of aromatic nitrogens is 2. The van der Waals surface area contributed by atoms with E-state index in [4.69, 9.17) is 5.73 Å². The first kappa shape index (κ1) is 13.0. The van der Waals surface area contributed by atoms with Crippen LogP contribution in [0.3, 0.4) is 0 Å². The van der Waals surface area contributed by atoms with Gasteiger partial charge in [-0.1, -0.05) is 19.3 Å². The molecule has 3 rings (SSSR count). The van der Waals surface area contributed by atoms with E-state index in [1.165, 1.54) is 58.2 Å². The molecule has 1 aliphatic carbocycles. The van der Waals surface area contributed by atoms with E-state index in [1.54, 1.807) is 0 Å². The second-order valence-corrected chi connectivity index (χ2v) is 6.25. The normalized spacial score (nSPS) is 28.2. The van der Waals surface area contributed by atoms with E-state index in [9.17, 15) is 0 Å². The van der Waals surface area contributed by atoms with Gasteiger partial charge in [0.25, 0.3) is 0 Å². The first-order valence-electron chi connectivity index (χ1n) is 7.82. The summed E-state index contributed by atoms with van der Waals surface area (Å²) in [5.41, 5.74) is 5.62. The van der Waals surface area contributed by atoms with Crippen LogP contribution in [0.2, 0.25) is 0 Å². The van der Waals surface area contributed by atoms with Crippen LogP contribution in [0.1, 0.15) is 38.5 Å². The Labute approximate surface area is 116 Å². The third kappa shape index (κ3) is 3.30. The summed E-state index contributed by atoms with van der Waals surface area (Å²) in [7, 11) is 0. The number of likely N-dealkylation sites (tertiary alicyclic amines) is 1. The molecule has 1 aromatic rings. The standard InChI is InChI=1S/C15H26N4/c16-15-7-11-19(17-15)9-3-8-18-10-6-13-4-1-2-5-14(13)12-18/h7,11,13-14H,1-6,8-10,12H2,(H2,16,17). The van der Waals surface area contributed by atoms with Crippen molar-refractivity contribution in [3.63, 3.8) is 0 Å². The number of piperidine rings is 1. The van der Waals surface area contributed by atoms with E-state index in [1.807, 2.05) is 16.9 Å². The van der Waals surface area contributed by atoms with Crippen molar-refractivity contribution in [1.29, 1.82) is 0 Å². The molecule has 4 nitrogen and oxygen atoms in total. The van der Waals surface area contributed by atoms with Gasteiger partial charge in [-0.25, -0.2) is 0 Å². The highest BCUT2D eigenvalue weighted by Crippen LogP contribution is 2.35. The highest BCUT2D eigenvalue weighted by atomic mass is 15.3. The van der Waals surface area contributed by atoms with Crippen molar-refractivity contribution in [2.24, 2.45) is 11.8 Å². The highest BCUT2D eigenvalue weighted by Gasteiger charge is 2.30. The Morgan fingerprint density at radius 3 is 2.79 bits per heavy atom. The predicted molar refractivity (Wildman–Crippen MR) is 77.8 cm³/mol. The van der Waals surface area contributed by atoms with Gasteiger partial charge in [-0.2, -0.15) is 5.10 Å². The van der Waals surface area contributed by atoms with Crippen molar-refractivity contribution in [2.75, 3.05) is 25.4 Å². The molecular weight excluding hydrogens is 236 g/mol. The van der Waals surface area contributed by atoms with E-state index >= 15 is 0 Å². The molecule has 2 aliphatic rings. The van der Waals surface area contributed by atoms with Crippen LogP contribution >= 0.6 is 0 Å². The Hall–Kier alpha value is -1.03. The van der Waals surface area contributed by atoms with Gasteiger partial charge in [-0.05, 0) is 50.3 Å². The Morgan fingerprint density at radius 1 is 1.16 bits per heavy atom. The summed E-state index contributed by atoms with van der Waals surface area (Å²) in [6, 6.07) is 1.87. The molecule has 1 saturated heterocycles. The molecule has 1 saturated carbocycles. The van der Waals surface area contributed by atoms with E-state index in [2.05, 4.69) is 10.00 Å². The lowest BCUT2D eigenvalue weighted by Gasteiger charge is -2.41. The summed E-state index contributed by atoms with van der Waals surface area (Å²) in [4.78, 5) is 2.67. The fourth-order valence-corrected chi connectivity index (χ4v) is 3.84. The largest absolute Gasteiger partial charge is 0.382 e. The van der Waals surface area contributed by atoms with E-state index in [-0.39, 0.29) is 0 Å².